The summed E-state index contributed by atoms with van der Waals surface area (Å²) in [5.41, 5.74) is 0.590. The smallest absolute Gasteiger partial charge is 0.407 e. The maximum atomic E-state index is 11.6. The van der Waals surface area contributed by atoms with Crippen LogP contribution in [0.25, 0.3) is 10.8 Å². The highest BCUT2D eigenvalue weighted by atomic mass is 16.6. The van der Waals surface area contributed by atoms with Crippen LogP contribution in [0.3, 0.4) is 0 Å². The summed E-state index contributed by atoms with van der Waals surface area (Å²) in [6, 6.07) is 8.22. The number of nitrogens with one attached hydrogen (secondary N) is 2. The molecule has 1 heterocycles. The number of carbonyl (C=O) groups excluding carboxylic acids is 1. The highest BCUT2D eigenvalue weighted by Crippen LogP contribution is 2.21. The van der Waals surface area contributed by atoms with Gasteiger partial charge >= 0.3 is 6.09 Å². The van der Waals surface area contributed by atoms with Crippen LogP contribution in [0.1, 0.15) is 20.8 Å². The van der Waals surface area contributed by atoms with Gasteiger partial charge in [-0.15, -0.1) is 0 Å². The molecule has 0 bridgehead atoms. The zero-order valence-corrected chi connectivity index (χ0v) is 13.6. The molecule has 2 aromatic rings. The molecule has 1 aromatic heterocycles. The van der Waals surface area contributed by atoms with Gasteiger partial charge < -0.3 is 15.4 Å². The third-order valence-electron chi connectivity index (χ3n) is 3.07. The van der Waals surface area contributed by atoms with E-state index in [-0.39, 0.29) is 6.09 Å². The van der Waals surface area contributed by atoms with E-state index in [9.17, 15) is 4.79 Å². The molecule has 5 heteroatoms. The van der Waals surface area contributed by atoms with Gasteiger partial charge in [0.15, 0.2) is 12.4 Å². The highest BCUT2D eigenvalue weighted by molar-refractivity contribution is 5.92. The summed E-state index contributed by atoms with van der Waals surface area (Å²) in [5.74, 6) is 0. The number of alkyl carbamates (subject to hydrolysis) is 1. The summed E-state index contributed by atoms with van der Waals surface area (Å²) in [7, 11) is 2.00. The fourth-order valence-corrected chi connectivity index (χ4v) is 2.17. The lowest BCUT2D eigenvalue weighted by atomic mass is 10.1. The van der Waals surface area contributed by atoms with Crippen molar-refractivity contribution in [2.24, 2.45) is 7.05 Å². The Morgan fingerprint density at radius 2 is 2.00 bits per heavy atom. The minimum Gasteiger partial charge on any atom is -0.444 e. The third-order valence-corrected chi connectivity index (χ3v) is 3.07. The SMILES string of the molecule is C[n+]1ccc2c(NCCNC(=O)OC(C)(C)C)cccc2c1. The topological polar surface area (TPSA) is 54.2 Å². The van der Waals surface area contributed by atoms with Crippen molar-refractivity contribution in [1.82, 2.24) is 5.32 Å². The molecule has 0 atom stereocenters. The minimum atomic E-state index is -0.470. The first-order chi connectivity index (χ1) is 10.3. The molecule has 2 N–H and O–H groups in total. The molecule has 2 rings (SSSR count). The number of aromatic nitrogens is 1. The van der Waals surface area contributed by atoms with Gasteiger partial charge in [0.25, 0.3) is 0 Å². The van der Waals surface area contributed by atoms with Crippen molar-refractivity contribution in [2.45, 2.75) is 26.4 Å². The number of hydrogen-bond donors (Lipinski definition) is 2. The number of carbonyl (C=O) groups is 1. The van der Waals surface area contributed by atoms with Gasteiger partial charge in [0, 0.05) is 35.6 Å². The number of rotatable bonds is 4. The Morgan fingerprint density at radius 1 is 1.23 bits per heavy atom. The van der Waals surface area contributed by atoms with E-state index in [1.807, 2.05) is 50.7 Å². The van der Waals surface area contributed by atoms with E-state index in [1.165, 1.54) is 5.39 Å². The van der Waals surface area contributed by atoms with Gasteiger partial charge in [-0.05, 0) is 32.9 Å². The molecule has 0 fully saturated rings. The number of hydrogen-bond acceptors (Lipinski definition) is 3. The lowest BCUT2D eigenvalue weighted by Crippen LogP contribution is -2.35. The number of aryl methyl sites for hydroxylation is 1. The van der Waals surface area contributed by atoms with Gasteiger partial charge in [0.1, 0.15) is 12.6 Å². The van der Waals surface area contributed by atoms with Crippen LogP contribution in [0.2, 0.25) is 0 Å². The van der Waals surface area contributed by atoms with Crippen molar-refractivity contribution >= 4 is 22.6 Å². The fraction of sp³-hybridized carbons (Fsp3) is 0.412. The van der Waals surface area contributed by atoms with Crippen molar-refractivity contribution in [3.05, 3.63) is 36.7 Å². The molecule has 0 radical (unpaired) electrons. The molecule has 5 nitrogen and oxygen atoms in total. The molecule has 118 valence electrons. The molecule has 0 aliphatic heterocycles. The van der Waals surface area contributed by atoms with Gasteiger partial charge in [-0.3, -0.25) is 0 Å². The maximum Gasteiger partial charge on any atom is 0.407 e. The number of amides is 1. The van der Waals surface area contributed by atoms with E-state index in [4.69, 9.17) is 4.74 Å². The normalized spacial score (nSPS) is 11.3. The van der Waals surface area contributed by atoms with Gasteiger partial charge in [-0.2, -0.15) is 0 Å². The van der Waals surface area contributed by atoms with E-state index < -0.39 is 5.60 Å². The third kappa shape index (κ3) is 4.62. The van der Waals surface area contributed by atoms with Gasteiger partial charge in [-0.25, -0.2) is 9.36 Å². The summed E-state index contributed by atoms with van der Waals surface area (Å²) in [4.78, 5) is 11.6. The Bertz CT molecular complexity index is 662. The Morgan fingerprint density at radius 3 is 2.73 bits per heavy atom. The van der Waals surface area contributed by atoms with Crippen LogP contribution in [0.15, 0.2) is 36.7 Å². The van der Waals surface area contributed by atoms with Crippen molar-refractivity contribution in [3.8, 4) is 0 Å². The largest absolute Gasteiger partial charge is 0.444 e. The van der Waals surface area contributed by atoms with Crippen molar-refractivity contribution in [1.29, 1.82) is 0 Å². The Kier molecular flexibility index (Phi) is 4.85. The van der Waals surface area contributed by atoms with Gasteiger partial charge in [0.05, 0.1) is 0 Å². The highest BCUT2D eigenvalue weighted by Gasteiger charge is 2.15. The van der Waals surface area contributed by atoms with Crippen LogP contribution >= 0.6 is 0 Å². The van der Waals surface area contributed by atoms with Crippen molar-refractivity contribution < 1.29 is 14.1 Å². The Balaban J connectivity index is 1.89. The van der Waals surface area contributed by atoms with E-state index >= 15 is 0 Å². The number of anilines is 1. The summed E-state index contributed by atoms with van der Waals surface area (Å²) >= 11 is 0. The molecule has 22 heavy (non-hydrogen) atoms. The number of nitrogens with zero attached hydrogens (tertiary/aromatic N) is 1. The van der Waals surface area contributed by atoms with E-state index in [0.29, 0.717) is 13.1 Å². The first kappa shape index (κ1) is 16.1. The second-order valence-electron chi connectivity index (χ2n) is 6.27. The molecular weight excluding hydrogens is 278 g/mol. The molecule has 0 spiro atoms. The second-order valence-corrected chi connectivity index (χ2v) is 6.27. The van der Waals surface area contributed by atoms with Crippen LogP contribution in [-0.4, -0.2) is 24.8 Å². The average Bonchev–Trinajstić information content (AvgIpc) is 2.41. The zero-order chi connectivity index (χ0) is 16.2. The molecular formula is C17H24N3O2+. The maximum absolute atomic E-state index is 11.6. The predicted octanol–water partition coefficient (Wildman–Crippen LogP) is 2.60. The fourth-order valence-electron chi connectivity index (χ4n) is 2.17. The van der Waals surface area contributed by atoms with Crippen molar-refractivity contribution in [2.75, 3.05) is 18.4 Å². The standard InChI is InChI=1S/C17H23N3O2/c1-17(2,3)22-16(21)19-10-9-18-15-7-5-6-13-12-20(4)11-8-14(13)15/h5-8,11-12,18H,9-10H2,1-4H3/p+1. The number of fused-ring (bicyclic) bond motifs is 1. The zero-order valence-electron chi connectivity index (χ0n) is 13.6. The second kappa shape index (κ2) is 6.64. The van der Waals surface area contributed by atoms with Crippen LogP contribution in [0.4, 0.5) is 10.5 Å². The first-order valence-electron chi connectivity index (χ1n) is 7.44. The van der Waals surface area contributed by atoms with Crippen LogP contribution in [0.5, 0.6) is 0 Å². The molecule has 0 aliphatic carbocycles. The Hall–Kier alpha value is -2.30. The first-order valence-corrected chi connectivity index (χ1v) is 7.44. The van der Waals surface area contributed by atoms with Crippen LogP contribution in [0, 0.1) is 0 Å². The van der Waals surface area contributed by atoms with Crippen LogP contribution in [-0.2, 0) is 11.8 Å². The molecule has 1 aromatic carbocycles. The summed E-state index contributed by atoms with van der Waals surface area (Å²) in [5, 5.41) is 8.43. The van der Waals surface area contributed by atoms with Crippen molar-refractivity contribution in [3.63, 3.8) is 0 Å². The van der Waals surface area contributed by atoms with Crippen LogP contribution < -0.4 is 15.2 Å². The average molecular weight is 302 g/mol. The predicted molar refractivity (Wildman–Crippen MR) is 87.9 cm³/mol. The lowest BCUT2D eigenvalue weighted by Gasteiger charge is -2.19. The minimum absolute atomic E-state index is 0.390. The van der Waals surface area contributed by atoms with E-state index in [2.05, 4.69) is 29.0 Å². The lowest BCUT2D eigenvalue weighted by molar-refractivity contribution is -0.670. The summed E-state index contributed by atoms with van der Waals surface area (Å²) in [6.07, 6.45) is 3.71. The molecule has 1 amide bonds. The number of pyridine rings is 1. The number of ether oxygens (including phenoxy) is 1. The summed E-state index contributed by atoms with van der Waals surface area (Å²) in [6.45, 7) is 6.69. The Labute approximate surface area is 131 Å². The van der Waals surface area contributed by atoms with Gasteiger partial charge in [0.2, 0.25) is 0 Å². The quantitative estimate of drug-likeness (QED) is 0.674. The van der Waals surface area contributed by atoms with E-state index in [0.717, 1.165) is 11.1 Å². The van der Waals surface area contributed by atoms with E-state index in [1.54, 1.807) is 0 Å². The monoisotopic (exact) mass is 302 g/mol. The summed E-state index contributed by atoms with van der Waals surface area (Å²) < 4.78 is 7.22. The molecule has 0 unspecified atom stereocenters. The molecule has 0 saturated heterocycles. The molecule has 0 aliphatic rings. The number of benzene rings is 1. The molecule has 0 saturated carbocycles. The van der Waals surface area contributed by atoms with Gasteiger partial charge in [-0.1, -0.05) is 6.07 Å².